The van der Waals surface area contributed by atoms with E-state index >= 15 is 0 Å². The number of hydrogen-bond acceptors (Lipinski definition) is 4. The van der Waals surface area contributed by atoms with Crippen molar-refractivity contribution in [2.75, 3.05) is 13.7 Å². The number of methoxy groups -OCH3 is 1. The molecule has 0 spiro atoms. The fourth-order valence-electron chi connectivity index (χ4n) is 4.94. The van der Waals surface area contributed by atoms with Gasteiger partial charge in [-0.05, 0) is 87.4 Å². The third-order valence-corrected chi connectivity index (χ3v) is 6.81. The Morgan fingerprint density at radius 3 is 1.79 bits per heavy atom. The zero-order valence-electron chi connectivity index (χ0n) is 24.6. The molecule has 0 radical (unpaired) electrons. The number of carbonyl (C=O) groups is 1. The maximum atomic E-state index is 13.1. The van der Waals surface area contributed by atoms with Gasteiger partial charge in [-0.3, -0.25) is 4.79 Å². The Balaban J connectivity index is 1.69. The molecule has 0 saturated carbocycles. The molecule has 3 rings (SSSR count). The molecule has 0 aliphatic carbocycles. The molecule has 2 atom stereocenters. The summed E-state index contributed by atoms with van der Waals surface area (Å²) in [6.07, 6.45) is 1.46. The highest BCUT2D eigenvalue weighted by molar-refractivity contribution is 5.77. The monoisotopic (exact) mass is 531 g/mol. The van der Waals surface area contributed by atoms with Crippen LogP contribution in [-0.2, 0) is 4.79 Å². The molecule has 1 N–H and O–H groups in total. The van der Waals surface area contributed by atoms with Crippen LogP contribution in [0.25, 0.3) is 0 Å². The highest BCUT2D eigenvalue weighted by atomic mass is 16.5. The minimum atomic E-state index is 0.0654. The first-order chi connectivity index (χ1) is 18.7. The van der Waals surface area contributed by atoms with E-state index in [1.165, 1.54) is 0 Å². The molecule has 5 nitrogen and oxygen atoms in total. The Hall–Kier alpha value is -3.47. The quantitative estimate of drug-likeness (QED) is 0.231. The van der Waals surface area contributed by atoms with Gasteiger partial charge in [-0.2, -0.15) is 0 Å². The van der Waals surface area contributed by atoms with E-state index in [0.29, 0.717) is 18.9 Å². The first-order valence-electron chi connectivity index (χ1n) is 14.1. The van der Waals surface area contributed by atoms with Gasteiger partial charge in [0.2, 0.25) is 5.91 Å². The average Bonchev–Trinajstić information content (AvgIpc) is 2.90. The van der Waals surface area contributed by atoms with Gasteiger partial charge in [0.1, 0.15) is 17.2 Å². The van der Waals surface area contributed by atoms with Gasteiger partial charge in [-0.25, -0.2) is 0 Å². The lowest BCUT2D eigenvalue weighted by atomic mass is 9.85. The van der Waals surface area contributed by atoms with E-state index in [1.807, 2.05) is 70.2 Å². The third kappa shape index (κ3) is 9.05. The second-order valence-electron chi connectivity index (χ2n) is 11.0. The summed E-state index contributed by atoms with van der Waals surface area (Å²) in [4.78, 5) is 13.1. The maximum Gasteiger partial charge on any atom is 0.220 e. The molecule has 0 fully saturated rings. The fraction of sp³-hybridized carbons (Fsp3) is 0.441. The molecule has 0 bridgehead atoms. The normalized spacial score (nSPS) is 12.9. The van der Waals surface area contributed by atoms with Crippen LogP contribution in [0.4, 0.5) is 0 Å². The first-order valence-corrected chi connectivity index (χ1v) is 14.1. The van der Waals surface area contributed by atoms with Crippen molar-refractivity contribution in [3.63, 3.8) is 0 Å². The second-order valence-corrected chi connectivity index (χ2v) is 11.0. The molecule has 3 aromatic carbocycles. The predicted octanol–water partition coefficient (Wildman–Crippen LogP) is 7.74. The third-order valence-electron chi connectivity index (χ3n) is 6.81. The molecule has 3 aromatic rings. The van der Waals surface area contributed by atoms with Crippen LogP contribution < -0.4 is 19.5 Å². The van der Waals surface area contributed by atoms with Gasteiger partial charge in [0.15, 0.2) is 0 Å². The van der Waals surface area contributed by atoms with Gasteiger partial charge in [0, 0.05) is 24.4 Å². The Bertz CT molecular complexity index is 1150. The highest BCUT2D eigenvalue weighted by Gasteiger charge is 2.22. The summed E-state index contributed by atoms with van der Waals surface area (Å²) < 4.78 is 17.3. The molecule has 0 saturated heterocycles. The molecular formula is C34H45NO4. The van der Waals surface area contributed by atoms with Crippen molar-refractivity contribution in [1.29, 1.82) is 0 Å². The molecule has 0 heterocycles. The van der Waals surface area contributed by atoms with Gasteiger partial charge >= 0.3 is 0 Å². The number of hydrogen-bond donors (Lipinski definition) is 1. The van der Waals surface area contributed by atoms with Crippen molar-refractivity contribution >= 4 is 5.91 Å². The van der Waals surface area contributed by atoms with Crippen LogP contribution in [0, 0.1) is 5.92 Å². The minimum absolute atomic E-state index is 0.0654. The van der Waals surface area contributed by atoms with Crippen molar-refractivity contribution in [3.8, 4) is 17.2 Å². The van der Waals surface area contributed by atoms with E-state index in [0.717, 1.165) is 40.4 Å². The summed E-state index contributed by atoms with van der Waals surface area (Å²) >= 11 is 0. The molecule has 0 aliphatic heterocycles. The molecule has 0 unspecified atom stereocenters. The van der Waals surface area contributed by atoms with Crippen LogP contribution in [-0.4, -0.2) is 31.8 Å². The van der Waals surface area contributed by atoms with Gasteiger partial charge in [-0.1, -0.05) is 56.3 Å². The van der Waals surface area contributed by atoms with E-state index in [2.05, 4.69) is 49.5 Å². The van der Waals surface area contributed by atoms with E-state index < -0.39 is 0 Å². The summed E-state index contributed by atoms with van der Waals surface area (Å²) in [5.41, 5.74) is 3.43. The molecule has 210 valence electrons. The molecular weight excluding hydrogens is 486 g/mol. The van der Waals surface area contributed by atoms with Gasteiger partial charge in [-0.15, -0.1) is 0 Å². The standard InChI is InChI=1S/C34H45NO4/c1-23(2)32(27-14-18-29(19-15-27)39-25(5)6)22-34(36)35-21-20-30(31-10-8-9-11-33(31)37-7)26-12-16-28(17-13-26)38-24(3)4/h8-19,23-25,30,32H,20-22H2,1-7H3,(H,35,36)/t30-,32-/m0/s1. The number of para-hydroxylation sites is 1. The number of ether oxygens (including phenoxy) is 3. The Kier molecular flexibility index (Phi) is 11.3. The SMILES string of the molecule is COc1ccccc1[C@@H](CCNC(=O)C[C@H](c1ccc(OC(C)C)cc1)C(C)C)c1ccc(OC(C)C)cc1. The summed E-state index contributed by atoms with van der Waals surface area (Å²) in [7, 11) is 1.70. The van der Waals surface area contributed by atoms with Gasteiger partial charge in [0.05, 0.1) is 19.3 Å². The lowest BCUT2D eigenvalue weighted by Crippen LogP contribution is -2.28. The average molecular weight is 532 g/mol. The number of nitrogens with one attached hydrogen (secondary N) is 1. The predicted molar refractivity (Wildman–Crippen MR) is 159 cm³/mol. The summed E-state index contributed by atoms with van der Waals surface area (Å²) in [6, 6.07) is 24.5. The van der Waals surface area contributed by atoms with Crippen LogP contribution in [0.15, 0.2) is 72.8 Å². The topological polar surface area (TPSA) is 56.8 Å². The van der Waals surface area contributed by atoms with Crippen LogP contribution in [0.1, 0.15) is 82.9 Å². The zero-order valence-corrected chi connectivity index (χ0v) is 24.6. The summed E-state index contributed by atoms with van der Waals surface area (Å²) in [5, 5.41) is 3.19. The largest absolute Gasteiger partial charge is 0.496 e. The molecule has 5 heteroatoms. The van der Waals surface area contributed by atoms with Crippen molar-refractivity contribution in [2.24, 2.45) is 5.92 Å². The van der Waals surface area contributed by atoms with Crippen LogP contribution >= 0.6 is 0 Å². The smallest absolute Gasteiger partial charge is 0.220 e. The first kappa shape index (κ1) is 30.1. The van der Waals surface area contributed by atoms with E-state index in [4.69, 9.17) is 14.2 Å². The van der Waals surface area contributed by atoms with E-state index in [1.54, 1.807) is 7.11 Å². The van der Waals surface area contributed by atoms with Crippen molar-refractivity contribution in [1.82, 2.24) is 5.32 Å². The molecule has 1 amide bonds. The van der Waals surface area contributed by atoms with E-state index in [9.17, 15) is 4.79 Å². The van der Waals surface area contributed by atoms with Crippen molar-refractivity contribution in [3.05, 3.63) is 89.5 Å². The minimum Gasteiger partial charge on any atom is -0.496 e. The Morgan fingerprint density at radius 2 is 1.28 bits per heavy atom. The lowest BCUT2D eigenvalue weighted by molar-refractivity contribution is -0.121. The van der Waals surface area contributed by atoms with Crippen molar-refractivity contribution < 1.29 is 19.0 Å². The van der Waals surface area contributed by atoms with Crippen molar-refractivity contribution in [2.45, 2.75) is 78.4 Å². The number of amides is 1. The summed E-state index contributed by atoms with van der Waals surface area (Å²) in [5.74, 6) is 3.16. The highest BCUT2D eigenvalue weighted by Crippen LogP contribution is 2.35. The number of benzene rings is 3. The summed E-state index contributed by atoms with van der Waals surface area (Å²) in [6.45, 7) is 13.0. The number of carbonyl (C=O) groups excluding carboxylic acids is 1. The Morgan fingerprint density at radius 1 is 0.744 bits per heavy atom. The number of rotatable bonds is 14. The zero-order chi connectivity index (χ0) is 28.4. The van der Waals surface area contributed by atoms with Crippen LogP contribution in [0.2, 0.25) is 0 Å². The van der Waals surface area contributed by atoms with E-state index in [-0.39, 0.29) is 30.0 Å². The maximum absolute atomic E-state index is 13.1. The molecule has 0 aliphatic rings. The van der Waals surface area contributed by atoms with Crippen LogP contribution in [0.5, 0.6) is 17.2 Å². The van der Waals surface area contributed by atoms with Gasteiger partial charge < -0.3 is 19.5 Å². The van der Waals surface area contributed by atoms with Crippen LogP contribution in [0.3, 0.4) is 0 Å². The molecule has 0 aromatic heterocycles. The Labute approximate surface area is 234 Å². The molecule has 39 heavy (non-hydrogen) atoms. The lowest BCUT2D eigenvalue weighted by Gasteiger charge is -2.23. The fourth-order valence-corrected chi connectivity index (χ4v) is 4.94. The van der Waals surface area contributed by atoms with Gasteiger partial charge in [0.25, 0.3) is 0 Å². The second kappa shape index (κ2) is 14.6.